The number of carbonyl (C=O) groups is 1. The Morgan fingerprint density at radius 3 is 2.53 bits per heavy atom. The molecule has 4 nitrogen and oxygen atoms in total. The van der Waals surface area contributed by atoms with Crippen molar-refractivity contribution < 1.29 is 9.90 Å². The largest absolute Gasteiger partial charge is 0.480 e. The molecule has 2 atom stereocenters. The maximum absolute atomic E-state index is 11.0. The smallest absolute Gasteiger partial charge is 0.323 e. The van der Waals surface area contributed by atoms with Gasteiger partial charge in [-0.15, -0.1) is 0 Å². The Kier molecular flexibility index (Phi) is 5.51. The first kappa shape index (κ1) is 15.7. The normalized spacial score (nSPS) is 16.1. The molecule has 1 rings (SSSR count). The Labute approximate surface area is 115 Å². The molecule has 4 heteroatoms. The molecule has 0 fully saturated rings. The minimum absolute atomic E-state index is 0.134. The second-order valence-corrected chi connectivity index (χ2v) is 5.49. The van der Waals surface area contributed by atoms with Crippen LogP contribution in [0.5, 0.6) is 0 Å². The van der Waals surface area contributed by atoms with Crippen molar-refractivity contribution in [2.24, 2.45) is 5.73 Å². The van der Waals surface area contributed by atoms with Crippen molar-refractivity contribution in [3.05, 3.63) is 35.9 Å². The number of hydrogen-bond acceptors (Lipinski definition) is 3. The van der Waals surface area contributed by atoms with Gasteiger partial charge in [0.2, 0.25) is 0 Å². The van der Waals surface area contributed by atoms with E-state index in [1.807, 2.05) is 32.2 Å². The fourth-order valence-electron chi connectivity index (χ4n) is 2.03. The maximum atomic E-state index is 11.0. The average Bonchev–Trinajstić information content (AvgIpc) is 2.36. The van der Waals surface area contributed by atoms with Crippen LogP contribution in [0.4, 0.5) is 0 Å². The summed E-state index contributed by atoms with van der Waals surface area (Å²) >= 11 is 0. The van der Waals surface area contributed by atoms with Crippen LogP contribution in [0.15, 0.2) is 30.3 Å². The highest BCUT2D eigenvalue weighted by Crippen LogP contribution is 2.13. The van der Waals surface area contributed by atoms with E-state index in [9.17, 15) is 4.79 Å². The van der Waals surface area contributed by atoms with Gasteiger partial charge in [0.15, 0.2) is 0 Å². The highest BCUT2D eigenvalue weighted by Gasteiger charge is 2.30. The highest BCUT2D eigenvalue weighted by molar-refractivity contribution is 5.77. The van der Waals surface area contributed by atoms with Crippen molar-refractivity contribution in [1.82, 2.24) is 4.90 Å². The number of likely N-dealkylation sites (N-methyl/N-ethyl adjacent to an activating group) is 1. The lowest BCUT2D eigenvalue weighted by Crippen LogP contribution is -2.49. The van der Waals surface area contributed by atoms with Gasteiger partial charge in [0.1, 0.15) is 5.54 Å². The molecule has 0 saturated carbocycles. The van der Waals surface area contributed by atoms with Crippen LogP contribution in [0.1, 0.15) is 25.8 Å². The summed E-state index contributed by atoms with van der Waals surface area (Å²) < 4.78 is 0. The third kappa shape index (κ3) is 5.01. The Balaban J connectivity index is 2.45. The predicted octanol–water partition coefficient (Wildman–Crippen LogP) is 1.74. The summed E-state index contributed by atoms with van der Waals surface area (Å²) in [4.78, 5) is 13.2. The number of carboxylic acid groups (broad SMARTS) is 1. The van der Waals surface area contributed by atoms with E-state index in [1.54, 1.807) is 6.92 Å². The van der Waals surface area contributed by atoms with Gasteiger partial charge < -0.3 is 15.7 Å². The zero-order valence-electron chi connectivity index (χ0n) is 12.0. The third-order valence-corrected chi connectivity index (χ3v) is 3.56. The molecule has 0 bridgehead atoms. The Bertz CT molecular complexity index is 404. The first-order valence-corrected chi connectivity index (χ1v) is 6.59. The summed E-state index contributed by atoms with van der Waals surface area (Å²) in [5, 5.41) is 9.04. The molecule has 0 radical (unpaired) electrons. The van der Waals surface area contributed by atoms with Gasteiger partial charge in [0, 0.05) is 12.6 Å². The lowest BCUT2D eigenvalue weighted by atomic mass is 9.94. The summed E-state index contributed by atoms with van der Waals surface area (Å²) in [5.41, 5.74) is 5.90. The second-order valence-electron chi connectivity index (χ2n) is 5.49. The van der Waals surface area contributed by atoms with Crippen LogP contribution in [-0.4, -0.2) is 41.1 Å². The van der Waals surface area contributed by atoms with Crippen molar-refractivity contribution in [3.63, 3.8) is 0 Å². The molecule has 0 aliphatic rings. The number of hydrogen-bond donors (Lipinski definition) is 2. The number of aliphatic carboxylic acids is 1. The molecule has 0 amide bonds. The van der Waals surface area contributed by atoms with Crippen LogP contribution in [0.25, 0.3) is 0 Å². The van der Waals surface area contributed by atoms with Crippen molar-refractivity contribution in [3.8, 4) is 0 Å². The molecule has 0 aliphatic carbocycles. The second kappa shape index (κ2) is 6.68. The lowest BCUT2D eigenvalue weighted by Gasteiger charge is -2.30. The highest BCUT2D eigenvalue weighted by atomic mass is 16.4. The van der Waals surface area contributed by atoms with Gasteiger partial charge in [-0.3, -0.25) is 4.79 Å². The minimum Gasteiger partial charge on any atom is -0.480 e. The van der Waals surface area contributed by atoms with Crippen molar-refractivity contribution in [2.45, 2.75) is 38.3 Å². The molecule has 0 aliphatic heterocycles. The summed E-state index contributed by atoms with van der Waals surface area (Å²) in [6, 6.07) is 10.4. The van der Waals surface area contributed by atoms with Gasteiger partial charge in [-0.1, -0.05) is 30.3 Å². The topological polar surface area (TPSA) is 66.6 Å². The molecular weight excluding hydrogens is 240 g/mol. The fraction of sp³-hybridized carbons (Fsp3) is 0.533. The molecular formula is C15H24N2O2. The first-order valence-electron chi connectivity index (χ1n) is 6.59. The van der Waals surface area contributed by atoms with E-state index in [0.29, 0.717) is 6.42 Å². The van der Waals surface area contributed by atoms with Gasteiger partial charge >= 0.3 is 5.97 Å². The van der Waals surface area contributed by atoms with Crippen molar-refractivity contribution in [1.29, 1.82) is 0 Å². The van der Waals surface area contributed by atoms with E-state index < -0.39 is 11.5 Å². The molecule has 19 heavy (non-hydrogen) atoms. The molecule has 1 aromatic rings. The molecule has 0 heterocycles. The quantitative estimate of drug-likeness (QED) is 0.787. The van der Waals surface area contributed by atoms with Crippen LogP contribution < -0.4 is 5.73 Å². The molecule has 0 saturated heterocycles. The van der Waals surface area contributed by atoms with E-state index in [4.69, 9.17) is 10.8 Å². The number of nitrogens with zero attached hydrogens (tertiary/aromatic N) is 1. The van der Waals surface area contributed by atoms with E-state index in [0.717, 1.165) is 13.0 Å². The average molecular weight is 264 g/mol. The molecule has 106 valence electrons. The minimum atomic E-state index is -1.17. The van der Waals surface area contributed by atoms with Gasteiger partial charge in [-0.2, -0.15) is 0 Å². The van der Waals surface area contributed by atoms with Crippen molar-refractivity contribution in [2.75, 3.05) is 13.6 Å². The zero-order chi connectivity index (χ0) is 14.5. The number of benzene rings is 1. The van der Waals surface area contributed by atoms with Crippen LogP contribution in [0, 0.1) is 0 Å². The van der Waals surface area contributed by atoms with Crippen LogP contribution in [0.2, 0.25) is 0 Å². The van der Waals surface area contributed by atoms with E-state index >= 15 is 0 Å². The molecule has 2 unspecified atom stereocenters. The molecule has 0 spiro atoms. The van der Waals surface area contributed by atoms with Gasteiger partial charge in [-0.05, 0) is 39.3 Å². The number of nitrogens with two attached hydrogens (primary N) is 1. The fourth-order valence-corrected chi connectivity index (χ4v) is 2.03. The Morgan fingerprint density at radius 1 is 1.42 bits per heavy atom. The van der Waals surface area contributed by atoms with E-state index in [-0.39, 0.29) is 6.04 Å². The van der Waals surface area contributed by atoms with Crippen LogP contribution in [-0.2, 0) is 11.2 Å². The molecule has 1 aromatic carbocycles. The zero-order valence-corrected chi connectivity index (χ0v) is 12.0. The van der Waals surface area contributed by atoms with Crippen LogP contribution in [0.3, 0.4) is 0 Å². The Hall–Kier alpha value is -1.39. The maximum Gasteiger partial charge on any atom is 0.323 e. The van der Waals surface area contributed by atoms with Crippen molar-refractivity contribution >= 4 is 5.97 Å². The van der Waals surface area contributed by atoms with Gasteiger partial charge in [-0.25, -0.2) is 0 Å². The molecule has 3 N–H and O–H groups in total. The number of rotatable bonds is 7. The van der Waals surface area contributed by atoms with E-state index in [1.165, 1.54) is 5.56 Å². The summed E-state index contributed by atoms with van der Waals surface area (Å²) in [7, 11) is 2.01. The van der Waals surface area contributed by atoms with E-state index in [2.05, 4.69) is 17.0 Å². The van der Waals surface area contributed by atoms with Gasteiger partial charge in [0.25, 0.3) is 0 Å². The first-order chi connectivity index (χ1) is 8.83. The monoisotopic (exact) mass is 264 g/mol. The predicted molar refractivity (Wildman–Crippen MR) is 77.1 cm³/mol. The van der Waals surface area contributed by atoms with Crippen LogP contribution >= 0.6 is 0 Å². The third-order valence-electron chi connectivity index (χ3n) is 3.56. The van der Waals surface area contributed by atoms with Gasteiger partial charge in [0.05, 0.1) is 0 Å². The number of carboxylic acids is 1. The standard InChI is InChI=1S/C15H24N2O2/c1-12(11-15(2,16)14(18)19)17(3)10-9-13-7-5-4-6-8-13/h4-8,12H,9-11,16H2,1-3H3,(H,18,19). The SMILES string of the molecule is CC(CC(C)(N)C(=O)O)N(C)CCc1ccccc1. The summed E-state index contributed by atoms with van der Waals surface area (Å²) in [6.45, 7) is 4.47. The lowest BCUT2D eigenvalue weighted by molar-refractivity contribution is -0.143. The summed E-state index contributed by atoms with van der Waals surface area (Å²) in [6.07, 6.45) is 1.39. The Morgan fingerprint density at radius 2 is 2.00 bits per heavy atom. The summed E-state index contributed by atoms with van der Waals surface area (Å²) in [5.74, 6) is -0.948. The molecule has 0 aromatic heterocycles.